The summed E-state index contributed by atoms with van der Waals surface area (Å²) >= 11 is 0. The van der Waals surface area contributed by atoms with Crippen molar-refractivity contribution in [3.05, 3.63) is 35.4 Å². The summed E-state index contributed by atoms with van der Waals surface area (Å²) < 4.78 is 21.7. The number of carbonyl (C=O) groups is 9. The van der Waals surface area contributed by atoms with Crippen LogP contribution in [0.2, 0.25) is 0 Å². The molecule has 1 aromatic rings. The van der Waals surface area contributed by atoms with E-state index in [0.29, 0.717) is 103 Å². The number of carboxylic acid groups (broad SMARTS) is 3. The predicted octanol–water partition coefficient (Wildman–Crippen LogP) is -0.228. The van der Waals surface area contributed by atoms with Gasteiger partial charge in [-0.3, -0.25) is 28.8 Å². The Balaban J connectivity index is 2.01. The summed E-state index contributed by atoms with van der Waals surface area (Å²) in [6.45, 7) is 5.76. The summed E-state index contributed by atoms with van der Waals surface area (Å²) in [5.41, 5.74) is 0.796. The zero-order valence-electron chi connectivity index (χ0n) is 36.4. The van der Waals surface area contributed by atoms with Crippen LogP contribution in [0.5, 0.6) is 0 Å². The number of nitrogens with one attached hydrogen (secondary N) is 7. The van der Waals surface area contributed by atoms with E-state index in [1.54, 1.807) is 24.3 Å². The molecule has 0 aromatic heterocycles. The van der Waals surface area contributed by atoms with Gasteiger partial charge in [0.1, 0.15) is 12.1 Å². The smallest absolute Gasteiger partial charge is 0.326 e. The van der Waals surface area contributed by atoms with Gasteiger partial charge in [0.15, 0.2) is 0 Å². The van der Waals surface area contributed by atoms with Crippen LogP contribution in [0, 0.1) is 0 Å². The molecule has 1 rings (SSSR count). The number of benzene rings is 1. The molecule has 0 heterocycles. The molecule has 0 saturated carbocycles. The van der Waals surface area contributed by atoms with Crippen LogP contribution in [0.3, 0.4) is 0 Å². The summed E-state index contributed by atoms with van der Waals surface area (Å²) in [6, 6.07) is 2.12. The van der Waals surface area contributed by atoms with E-state index >= 15 is 0 Å². The second-order valence-corrected chi connectivity index (χ2v) is 14.1. The third-order valence-corrected chi connectivity index (χ3v) is 8.82. The summed E-state index contributed by atoms with van der Waals surface area (Å²) in [5, 5.41) is 44.9. The Morgan fingerprint density at radius 3 is 1.31 bits per heavy atom. The van der Waals surface area contributed by atoms with Crippen molar-refractivity contribution in [2.75, 3.05) is 85.6 Å². The van der Waals surface area contributed by atoms with E-state index in [1.807, 2.05) is 5.32 Å². The highest BCUT2D eigenvalue weighted by molar-refractivity contribution is 5.97. The maximum Gasteiger partial charge on any atom is 0.326 e. The Labute approximate surface area is 371 Å². The molecule has 360 valence electrons. The van der Waals surface area contributed by atoms with Gasteiger partial charge in [-0.15, -0.1) is 0 Å². The molecule has 1 aromatic carbocycles. The lowest BCUT2D eigenvalue weighted by molar-refractivity contribution is -0.141. The van der Waals surface area contributed by atoms with Crippen molar-refractivity contribution in [3.8, 4) is 0 Å². The molecule has 0 bridgehead atoms. The molecule has 23 nitrogen and oxygen atoms in total. The lowest BCUT2D eigenvalue weighted by Gasteiger charge is -2.18. The monoisotopic (exact) mass is 911 g/mol. The lowest BCUT2D eigenvalue weighted by Crippen LogP contribution is -2.51. The molecule has 0 fully saturated rings. The Morgan fingerprint density at radius 1 is 0.469 bits per heavy atom. The van der Waals surface area contributed by atoms with Gasteiger partial charge in [-0.2, -0.15) is 0 Å². The van der Waals surface area contributed by atoms with Gasteiger partial charge >= 0.3 is 23.9 Å². The first-order chi connectivity index (χ1) is 30.7. The largest absolute Gasteiger partial charge is 0.481 e. The molecule has 2 atom stereocenters. The Hall–Kier alpha value is -5.91. The Morgan fingerprint density at radius 2 is 0.859 bits per heavy atom. The van der Waals surface area contributed by atoms with Crippen molar-refractivity contribution in [1.29, 1.82) is 0 Å². The molecular weight excluding hydrogens is 846 g/mol. The number of ether oxygens (including phenoxy) is 4. The summed E-state index contributed by atoms with van der Waals surface area (Å²) in [6.07, 6.45) is 2.80. The average molecular weight is 912 g/mol. The van der Waals surface area contributed by atoms with Crippen LogP contribution in [0.4, 0.5) is 4.79 Å². The van der Waals surface area contributed by atoms with Crippen LogP contribution in [0.15, 0.2) is 24.3 Å². The number of urea groups is 1. The first-order valence-corrected chi connectivity index (χ1v) is 21.2. The van der Waals surface area contributed by atoms with E-state index < -0.39 is 54.8 Å². The van der Waals surface area contributed by atoms with E-state index in [1.165, 1.54) is 6.92 Å². The van der Waals surface area contributed by atoms with Gasteiger partial charge in [0, 0.05) is 70.0 Å². The molecule has 10 N–H and O–H groups in total. The van der Waals surface area contributed by atoms with E-state index in [-0.39, 0.29) is 49.6 Å². The second-order valence-electron chi connectivity index (χ2n) is 14.1. The number of rotatable bonds is 38. The number of carboxylic acids is 3. The van der Waals surface area contributed by atoms with Gasteiger partial charge < -0.3 is 71.5 Å². The molecule has 2 unspecified atom stereocenters. The molecule has 0 radical (unpaired) electrons. The maximum atomic E-state index is 12.4. The minimum absolute atomic E-state index is 0.0931. The van der Waals surface area contributed by atoms with Crippen molar-refractivity contribution in [2.24, 2.45) is 0 Å². The lowest BCUT2D eigenvalue weighted by atomic mass is 10.1. The summed E-state index contributed by atoms with van der Waals surface area (Å²) in [4.78, 5) is 105. The highest BCUT2D eigenvalue weighted by Crippen LogP contribution is 2.07. The SMILES string of the molecule is CC(=O)NCCOCCOCCNC(=O)c1ccc(C(=O)NCCOCCOCCNC(=O)CCCCCCCNC(=O)CCC(NC(=O)NC(CCC(=O)O)C(=O)O)C(=O)O)cc1. The van der Waals surface area contributed by atoms with Gasteiger partial charge in [-0.1, -0.05) is 19.3 Å². The molecule has 64 heavy (non-hydrogen) atoms. The number of hydrogen-bond donors (Lipinski definition) is 10. The first-order valence-electron chi connectivity index (χ1n) is 21.2. The maximum absolute atomic E-state index is 12.4. The fourth-order valence-corrected chi connectivity index (χ4v) is 5.42. The highest BCUT2D eigenvalue weighted by Gasteiger charge is 2.25. The topological polar surface area (TPSA) is 335 Å². The van der Waals surface area contributed by atoms with Gasteiger partial charge in [-0.05, 0) is 49.9 Å². The molecule has 0 aliphatic rings. The van der Waals surface area contributed by atoms with E-state index in [2.05, 4.69) is 31.9 Å². The summed E-state index contributed by atoms with van der Waals surface area (Å²) in [7, 11) is 0. The molecule has 23 heteroatoms. The Kier molecular flexibility index (Phi) is 31.2. The molecule has 0 aliphatic carbocycles. The van der Waals surface area contributed by atoms with Crippen LogP contribution in [-0.4, -0.2) is 166 Å². The van der Waals surface area contributed by atoms with Crippen LogP contribution >= 0.6 is 0 Å². The fraction of sp³-hybridized carbons (Fsp3) is 0.634. The van der Waals surface area contributed by atoms with Crippen molar-refractivity contribution in [3.63, 3.8) is 0 Å². The van der Waals surface area contributed by atoms with Crippen molar-refractivity contribution < 1.29 is 77.4 Å². The number of unbranched alkanes of at least 4 members (excludes halogenated alkanes) is 4. The average Bonchev–Trinajstić information content (AvgIpc) is 3.25. The van der Waals surface area contributed by atoms with E-state index in [9.17, 15) is 48.3 Å². The molecule has 0 saturated heterocycles. The van der Waals surface area contributed by atoms with Gasteiger partial charge in [0.2, 0.25) is 17.7 Å². The number of carbonyl (C=O) groups excluding carboxylic acids is 6. The third kappa shape index (κ3) is 30.2. The normalized spacial score (nSPS) is 11.6. The van der Waals surface area contributed by atoms with Crippen molar-refractivity contribution >= 4 is 53.5 Å². The third-order valence-electron chi connectivity index (χ3n) is 8.82. The summed E-state index contributed by atoms with van der Waals surface area (Å²) in [5.74, 6) is -5.39. The fourth-order valence-electron chi connectivity index (χ4n) is 5.42. The highest BCUT2D eigenvalue weighted by atomic mass is 16.5. The van der Waals surface area contributed by atoms with Crippen LogP contribution in [0.1, 0.15) is 91.8 Å². The van der Waals surface area contributed by atoms with Gasteiger partial charge in [0.25, 0.3) is 11.8 Å². The minimum atomic E-state index is -1.53. The second kappa shape index (κ2) is 35.5. The zero-order valence-corrected chi connectivity index (χ0v) is 36.4. The molecular formula is C41H65N7O16. The van der Waals surface area contributed by atoms with Crippen molar-refractivity contribution in [1.82, 2.24) is 37.2 Å². The van der Waals surface area contributed by atoms with Crippen molar-refractivity contribution in [2.45, 2.75) is 83.2 Å². The standard InChI is InChI=1S/C41H65N7O16/c1-29(49)42-17-21-61-25-27-63-23-19-45-37(54)30-8-10-31(11-9-30)38(55)46-20-24-64-28-26-62-22-18-44-34(50)7-5-3-2-4-6-16-43-35(51)14-12-32(39(56)57)47-41(60)48-33(40(58)59)13-15-36(52)53/h8-11,32-33H,2-7,12-28H2,1H3,(H,42,49)(H,43,51)(H,44,50)(H,45,54)(H,46,55)(H,52,53)(H,56,57)(H,58,59)(H2,47,48,60). The number of aliphatic carboxylic acids is 3. The molecule has 0 aliphatic heterocycles. The van der Waals surface area contributed by atoms with Crippen LogP contribution < -0.4 is 37.2 Å². The molecule has 7 amide bonds. The first kappa shape index (κ1) is 56.1. The van der Waals surface area contributed by atoms with Gasteiger partial charge in [-0.25, -0.2) is 14.4 Å². The minimum Gasteiger partial charge on any atom is -0.481 e. The van der Waals surface area contributed by atoms with E-state index in [0.717, 1.165) is 19.3 Å². The molecule has 0 spiro atoms. The Bertz CT molecular complexity index is 1600. The zero-order chi connectivity index (χ0) is 47.4. The van der Waals surface area contributed by atoms with E-state index in [4.69, 9.17) is 29.2 Å². The van der Waals surface area contributed by atoms with Gasteiger partial charge in [0.05, 0.1) is 52.9 Å². The van der Waals surface area contributed by atoms with Crippen LogP contribution in [-0.2, 0) is 47.7 Å². The predicted molar refractivity (Wildman–Crippen MR) is 227 cm³/mol. The quantitative estimate of drug-likeness (QED) is 0.0383. The number of amides is 7. The number of hydrogen-bond acceptors (Lipinski definition) is 13. The van der Waals surface area contributed by atoms with Crippen LogP contribution in [0.25, 0.3) is 0 Å².